The predicted molar refractivity (Wildman–Crippen MR) is 40.6 cm³/mol. The third-order valence-corrected chi connectivity index (χ3v) is 1.55. The third kappa shape index (κ3) is 1.31. The number of nitro groups is 4. The fraction of sp³-hybridized carbons (Fsp3) is 0. The topological polar surface area (TPSA) is 200 Å². The molecular formula is CHN8O8+. The first-order valence-corrected chi connectivity index (χ1v) is 3.38. The summed E-state index contributed by atoms with van der Waals surface area (Å²) in [5.41, 5.74) is 1.21. The lowest BCUT2D eigenvalue weighted by atomic mass is 11.0. The van der Waals surface area contributed by atoms with Crippen molar-refractivity contribution in [3.8, 4) is 0 Å². The van der Waals surface area contributed by atoms with Crippen molar-refractivity contribution in [3.05, 3.63) is 40.5 Å². The Morgan fingerprint density at radius 1 is 1.06 bits per heavy atom. The molecule has 0 aromatic heterocycles. The Labute approximate surface area is 88.3 Å². The van der Waals surface area contributed by atoms with Gasteiger partial charge in [-0.05, 0) is 5.53 Å². The molecule has 0 aromatic rings. The monoisotopic (exact) mass is 253 g/mol. The molecule has 0 amide bonds. The summed E-state index contributed by atoms with van der Waals surface area (Å²) in [4.78, 5) is 37.1. The van der Waals surface area contributed by atoms with E-state index in [2.05, 4.69) is 5.10 Å². The van der Waals surface area contributed by atoms with Gasteiger partial charge in [0, 0.05) is 4.92 Å². The molecule has 0 aliphatic carbocycles. The molecule has 0 spiro atoms. The van der Waals surface area contributed by atoms with Gasteiger partial charge in [-0.2, -0.15) is 20.2 Å². The van der Waals surface area contributed by atoms with Crippen LogP contribution in [0.25, 0.3) is 0 Å². The molecule has 1 aliphatic rings. The first kappa shape index (κ1) is 11.9. The SMILES string of the molecule is O=[N+]([O-])C1=NNN([N+](=O)[O-])[N+]1([N+](=O)[O-])[N+](=O)[O-]. The number of quaternary nitrogens is 1. The molecule has 0 unspecified atom stereocenters. The van der Waals surface area contributed by atoms with Crippen molar-refractivity contribution in [3.63, 3.8) is 0 Å². The Balaban J connectivity index is 3.49. The average Bonchev–Trinajstić information content (AvgIpc) is 2.57. The Hall–Kier alpha value is -3.17. The summed E-state index contributed by atoms with van der Waals surface area (Å²) in [6.45, 7) is 0. The van der Waals surface area contributed by atoms with Crippen molar-refractivity contribution >= 4 is 5.96 Å². The Bertz CT molecular complexity index is 436. The quantitative estimate of drug-likeness (QED) is 0.322. The highest BCUT2D eigenvalue weighted by molar-refractivity contribution is 5.62. The molecule has 92 valence electrons. The van der Waals surface area contributed by atoms with Gasteiger partial charge in [0.25, 0.3) is 0 Å². The fourth-order valence-corrected chi connectivity index (χ4v) is 0.936. The highest BCUT2D eigenvalue weighted by Gasteiger charge is 2.87. The maximum Gasteiger partial charge on any atom is 0.728 e. The second kappa shape index (κ2) is 3.44. The zero-order valence-corrected chi connectivity index (χ0v) is 7.40. The molecule has 0 radical (unpaired) electrons. The molecule has 0 aromatic carbocycles. The largest absolute Gasteiger partial charge is 0.728 e. The van der Waals surface area contributed by atoms with Crippen LogP contribution < -0.4 is 5.53 Å². The van der Waals surface area contributed by atoms with E-state index in [1.165, 1.54) is 5.53 Å². The Kier molecular flexibility index (Phi) is 2.41. The van der Waals surface area contributed by atoms with Crippen molar-refractivity contribution in [2.24, 2.45) is 5.10 Å². The van der Waals surface area contributed by atoms with Crippen LogP contribution in [-0.2, 0) is 0 Å². The van der Waals surface area contributed by atoms with E-state index in [1.807, 2.05) is 0 Å². The Morgan fingerprint density at radius 2 is 1.53 bits per heavy atom. The molecule has 1 aliphatic heterocycles. The van der Waals surface area contributed by atoms with Crippen LogP contribution in [0.15, 0.2) is 5.10 Å². The van der Waals surface area contributed by atoms with E-state index in [1.54, 1.807) is 0 Å². The van der Waals surface area contributed by atoms with Gasteiger partial charge in [0.1, 0.15) is 0 Å². The molecule has 0 fully saturated rings. The standard InChI is InChI=1S/CHN8O8/c10-4(11)1-2-3-5(6(12)13)9(1,7(14)15)8(16)17/h3H/q+1. The zero-order valence-electron chi connectivity index (χ0n) is 7.40. The number of nitrogens with one attached hydrogen (secondary N) is 1. The molecule has 0 saturated heterocycles. The van der Waals surface area contributed by atoms with E-state index in [-0.39, 0.29) is 0 Å². The summed E-state index contributed by atoms with van der Waals surface area (Å²) in [7, 11) is 0. The molecule has 0 bridgehead atoms. The summed E-state index contributed by atoms with van der Waals surface area (Å²) in [5, 5.41) is 38.2. The van der Waals surface area contributed by atoms with Crippen molar-refractivity contribution in [1.29, 1.82) is 0 Å². The van der Waals surface area contributed by atoms with Gasteiger partial charge >= 0.3 is 26.1 Å². The van der Waals surface area contributed by atoms with E-state index >= 15 is 0 Å². The second-order valence-corrected chi connectivity index (χ2v) is 2.34. The van der Waals surface area contributed by atoms with Gasteiger partial charge in [0.15, 0.2) is 5.10 Å². The lowest BCUT2D eigenvalue weighted by Gasteiger charge is -2.06. The van der Waals surface area contributed by atoms with E-state index in [4.69, 9.17) is 0 Å². The molecule has 0 atom stereocenters. The van der Waals surface area contributed by atoms with Crippen LogP contribution in [0.2, 0.25) is 0 Å². The van der Waals surface area contributed by atoms with Crippen LogP contribution in [0.3, 0.4) is 0 Å². The summed E-state index contributed by atoms with van der Waals surface area (Å²) in [6.07, 6.45) is 0. The van der Waals surface area contributed by atoms with Crippen molar-refractivity contribution in [1.82, 2.24) is 10.8 Å². The summed E-state index contributed by atoms with van der Waals surface area (Å²) in [6, 6.07) is 0. The number of hydrogen-bond donors (Lipinski definition) is 1. The minimum absolute atomic E-state index is 0.835. The number of nitrogens with zero attached hydrogens (tertiary/aromatic N) is 7. The minimum Gasteiger partial charge on any atom is -0.353 e. The van der Waals surface area contributed by atoms with Gasteiger partial charge in [0.2, 0.25) is 5.03 Å². The summed E-state index contributed by atoms with van der Waals surface area (Å²) >= 11 is 0. The van der Waals surface area contributed by atoms with Gasteiger partial charge in [-0.15, -0.1) is 0 Å². The first-order valence-electron chi connectivity index (χ1n) is 3.38. The highest BCUT2D eigenvalue weighted by atomic mass is 16.9. The van der Waals surface area contributed by atoms with E-state index in [0.29, 0.717) is 0 Å². The van der Waals surface area contributed by atoms with Crippen LogP contribution in [0, 0.1) is 40.5 Å². The molecule has 1 N–H and O–H groups in total. The van der Waals surface area contributed by atoms with Gasteiger partial charge in [-0.1, -0.05) is 0 Å². The Morgan fingerprint density at radius 3 is 1.82 bits per heavy atom. The maximum absolute atomic E-state index is 10.6. The summed E-state index contributed by atoms with van der Waals surface area (Å²) in [5.74, 6) is -1.88. The lowest BCUT2D eigenvalue weighted by molar-refractivity contribution is -1.59. The molecule has 16 heteroatoms. The lowest BCUT2D eigenvalue weighted by Crippen LogP contribution is -2.71. The smallest absolute Gasteiger partial charge is 0.353 e. The number of hydrazine groups is 2. The normalized spacial score (nSPS) is 16.9. The van der Waals surface area contributed by atoms with Crippen LogP contribution in [0.4, 0.5) is 0 Å². The second-order valence-electron chi connectivity index (χ2n) is 2.34. The highest BCUT2D eigenvalue weighted by Crippen LogP contribution is 2.19. The molecule has 1 rings (SSSR count). The molecule has 17 heavy (non-hydrogen) atoms. The predicted octanol–water partition coefficient (Wildman–Crippen LogP) is -2.34. The molecular weight excluding hydrogens is 252 g/mol. The average molecular weight is 253 g/mol. The molecule has 0 saturated carbocycles. The zero-order chi connectivity index (χ0) is 13.4. The number of hydrazone groups is 1. The minimum atomic E-state index is -3.12. The van der Waals surface area contributed by atoms with Crippen molar-refractivity contribution in [2.45, 2.75) is 0 Å². The fourth-order valence-electron chi connectivity index (χ4n) is 0.936. The van der Waals surface area contributed by atoms with E-state index in [0.717, 1.165) is 0 Å². The number of guanidine groups is 1. The van der Waals surface area contributed by atoms with Gasteiger partial charge < -0.3 is 10.1 Å². The third-order valence-electron chi connectivity index (χ3n) is 1.55. The van der Waals surface area contributed by atoms with Crippen LogP contribution in [-0.4, -0.2) is 36.0 Å². The molecule has 16 nitrogen and oxygen atoms in total. The maximum atomic E-state index is 10.6. The molecule has 1 heterocycles. The van der Waals surface area contributed by atoms with Crippen LogP contribution in [0.1, 0.15) is 0 Å². The first-order chi connectivity index (χ1) is 7.76. The number of rotatable bonds is 3. The van der Waals surface area contributed by atoms with Gasteiger partial charge in [0.05, 0.1) is 0 Å². The number of hydrogen-bond acceptors (Lipinski definition) is 10. The van der Waals surface area contributed by atoms with Crippen LogP contribution >= 0.6 is 0 Å². The van der Waals surface area contributed by atoms with E-state index < -0.39 is 36.0 Å². The summed E-state index contributed by atoms with van der Waals surface area (Å²) < 4.78 is 0. The van der Waals surface area contributed by atoms with E-state index in [9.17, 15) is 40.5 Å². The van der Waals surface area contributed by atoms with Gasteiger partial charge in [-0.25, -0.2) is 10.1 Å². The van der Waals surface area contributed by atoms with Gasteiger partial charge in [-0.3, -0.25) is 0 Å². The van der Waals surface area contributed by atoms with Crippen molar-refractivity contribution in [2.75, 3.05) is 0 Å². The van der Waals surface area contributed by atoms with Crippen molar-refractivity contribution < 1.29 is 24.8 Å². The van der Waals surface area contributed by atoms with Crippen LogP contribution in [0.5, 0.6) is 0 Å².